The van der Waals surface area contributed by atoms with Gasteiger partial charge in [-0.2, -0.15) is 0 Å². The quantitative estimate of drug-likeness (QED) is 0.431. The first-order chi connectivity index (χ1) is 7.04. The van der Waals surface area contributed by atoms with E-state index in [-0.39, 0.29) is 11.2 Å². The van der Waals surface area contributed by atoms with Gasteiger partial charge in [-0.05, 0) is 0 Å². The van der Waals surface area contributed by atoms with Crippen LogP contribution in [-0.2, 0) is 9.59 Å². The van der Waals surface area contributed by atoms with Gasteiger partial charge in [0.1, 0.15) is 0 Å². The number of carbonyl (C=O) groups is 2. The van der Waals surface area contributed by atoms with E-state index in [1.54, 1.807) is 0 Å². The summed E-state index contributed by atoms with van der Waals surface area (Å²) in [6.07, 6.45) is -0.196. The van der Waals surface area contributed by atoms with Crippen molar-refractivity contribution in [2.45, 2.75) is 29.9 Å². The van der Waals surface area contributed by atoms with Crippen LogP contribution in [0.25, 0.3) is 0 Å². The second-order valence-electron chi connectivity index (χ2n) is 3.43. The molecule has 0 aromatic carbocycles. The Morgan fingerprint density at radius 2 is 2.27 bits per heavy atom. The molecule has 0 spiro atoms. The molecule has 1 aliphatic rings. The van der Waals surface area contributed by atoms with Crippen LogP contribution in [0.15, 0.2) is 0 Å². The van der Waals surface area contributed by atoms with E-state index in [1.807, 2.05) is 0 Å². The minimum absolute atomic E-state index is 0.281. The number of nitrogens with one attached hydrogen (secondary N) is 2. The molecule has 15 heavy (non-hydrogen) atoms. The third-order valence-electron chi connectivity index (χ3n) is 2.22. The molecule has 7 heteroatoms. The number of rotatable bonds is 4. The van der Waals surface area contributed by atoms with Crippen molar-refractivity contribution in [2.24, 2.45) is 0 Å². The Morgan fingerprint density at radius 3 is 2.67 bits per heavy atom. The number of aliphatic hydroxyl groups excluding tert-OH is 1. The normalized spacial score (nSPS) is 27.3. The Hall–Kier alpha value is -0.621. The summed E-state index contributed by atoms with van der Waals surface area (Å²) >= 11 is 2.13. The Morgan fingerprint density at radius 1 is 1.60 bits per heavy atom. The number of amides is 1. The Bertz CT molecular complexity index is 261. The summed E-state index contributed by atoms with van der Waals surface area (Å²) in [5.74, 6) is -1.42. The maximum atomic E-state index is 11.5. The average Bonchev–Trinajstić information content (AvgIpc) is 2.60. The summed E-state index contributed by atoms with van der Waals surface area (Å²) in [5.41, 5.74) is 0. The first-order valence-electron chi connectivity index (χ1n) is 4.60. The fraction of sp³-hybridized carbons (Fsp3) is 0.750. The summed E-state index contributed by atoms with van der Waals surface area (Å²) in [4.78, 5) is 22.2. The minimum atomic E-state index is -1.05. The van der Waals surface area contributed by atoms with Crippen LogP contribution in [0.4, 0.5) is 0 Å². The molecule has 1 heterocycles. The molecule has 0 bridgehead atoms. The zero-order valence-corrected chi connectivity index (χ0v) is 9.89. The number of hydrogen-bond donors (Lipinski definition) is 4. The number of carbonyl (C=O) groups excluding carboxylic acids is 1. The molecule has 6 nitrogen and oxygen atoms in total. The zero-order chi connectivity index (χ0) is 11.4. The van der Waals surface area contributed by atoms with E-state index >= 15 is 0 Å². The van der Waals surface area contributed by atoms with E-state index in [1.165, 1.54) is 0 Å². The molecule has 0 radical (unpaired) electrons. The van der Waals surface area contributed by atoms with Gasteiger partial charge in [0.05, 0.1) is 0 Å². The predicted molar refractivity (Wildman–Crippen MR) is 53.9 cm³/mol. The average molecular weight is 281 g/mol. The summed E-state index contributed by atoms with van der Waals surface area (Å²) < 4.78 is 0. The van der Waals surface area contributed by atoms with Crippen LogP contribution in [0, 0.1) is 0 Å². The summed E-state index contributed by atoms with van der Waals surface area (Å²) in [6, 6.07) is -1.36. The van der Waals surface area contributed by atoms with Crippen LogP contribution >= 0.6 is 0 Å². The molecule has 1 fully saturated rings. The van der Waals surface area contributed by atoms with Gasteiger partial charge in [0, 0.05) is 0 Å². The number of carboxylic acid groups (broad SMARTS) is 1. The molecule has 0 aromatic heterocycles. The molecule has 1 amide bonds. The van der Waals surface area contributed by atoms with Crippen molar-refractivity contribution in [2.75, 3.05) is 6.54 Å². The van der Waals surface area contributed by atoms with Crippen LogP contribution in [0.1, 0.15) is 6.42 Å². The second kappa shape index (κ2) is 5.46. The fourth-order valence-electron chi connectivity index (χ4n) is 1.37. The van der Waals surface area contributed by atoms with E-state index in [0.29, 0.717) is 13.0 Å². The Labute approximate surface area is 95.2 Å². The van der Waals surface area contributed by atoms with Crippen molar-refractivity contribution < 1.29 is 19.8 Å². The van der Waals surface area contributed by atoms with Gasteiger partial charge in [0.25, 0.3) is 0 Å². The molecule has 0 unspecified atom stereocenters. The molecule has 1 aliphatic heterocycles. The van der Waals surface area contributed by atoms with Crippen molar-refractivity contribution in [1.29, 1.82) is 0 Å². The van der Waals surface area contributed by atoms with E-state index < -0.39 is 24.2 Å². The molecule has 0 aliphatic carbocycles. The van der Waals surface area contributed by atoms with E-state index in [2.05, 4.69) is 26.6 Å². The second-order valence-corrected chi connectivity index (χ2v) is 4.20. The van der Waals surface area contributed by atoms with Gasteiger partial charge in [-0.1, -0.05) is 0 Å². The van der Waals surface area contributed by atoms with E-state index in [0.717, 1.165) is 0 Å². The number of aliphatic hydroxyl groups is 1. The molecule has 86 valence electrons. The molecular formula is C8H14N2O4Se. The number of β-amino-alcohol motifs (C(OH)–C–C–N with tert-alkyl or cyclic N) is 1. The third-order valence-corrected chi connectivity index (χ3v) is 2.99. The third kappa shape index (κ3) is 3.46. The molecule has 3 atom stereocenters. The molecule has 0 aromatic rings. The summed E-state index contributed by atoms with van der Waals surface area (Å²) in [5, 5.41) is 23.4. The fourth-order valence-corrected chi connectivity index (χ4v) is 1.89. The van der Waals surface area contributed by atoms with Gasteiger partial charge in [-0.3, -0.25) is 0 Å². The van der Waals surface area contributed by atoms with Gasteiger partial charge >= 0.3 is 94.8 Å². The topological polar surface area (TPSA) is 98.7 Å². The van der Waals surface area contributed by atoms with Crippen molar-refractivity contribution in [3.63, 3.8) is 0 Å². The summed E-state index contributed by atoms with van der Waals surface area (Å²) in [7, 11) is 0. The van der Waals surface area contributed by atoms with Crippen LogP contribution in [0.2, 0.25) is 5.32 Å². The van der Waals surface area contributed by atoms with Crippen LogP contribution in [0.3, 0.4) is 0 Å². The van der Waals surface area contributed by atoms with Crippen LogP contribution in [-0.4, -0.2) is 62.8 Å². The molecule has 1 saturated heterocycles. The summed E-state index contributed by atoms with van der Waals surface area (Å²) in [6.45, 7) is 0.373. The monoisotopic (exact) mass is 282 g/mol. The first kappa shape index (κ1) is 12.4. The van der Waals surface area contributed by atoms with Gasteiger partial charge in [0.15, 0.2) is 0 Å². The molecule has 0 saturated carbocycles. The van der Waals surface area contributed by atoms with Gasteiger partial charge in [0.2, 0.25) is 0 Å². The predicted octanol–water partition coefficient (Wildman–Crippen LogP) is -2.40. The maximum absolute atomic E-state index is 11.5. The van der Waals surface area contributed by atoms with Crippen LogP contribution < -0.4 is 10.6 Å². The Balaban J connectivity index is 2.44. The van der Waals surface area contributed by atoms with Gasteiger partial charge in [-0.25, -0.2) is 0 Å². The zero-order valence-electron chi connectivity index (χ0n) is 8.01. The van der Waals surface area contributed by atoms with Crippen LogP contribution in [0.5, 0.6) is 0 Å². The Kier molecular flexibility index (Phi) is 4.53. The number of hydrogen-bond acceptors (Lipinski definition) is 4. The number of aliphatic carboxylic acids is 1. The van der Waals surface area contributed by atoms with Crippen molar-refractivity contribution in [3.05, 3.63) is 0 Å². The van der Waals surface area contributed by atoms with Crippen molar-refractivity contribution >= 4 is 27.9 Å². The van der Waals surface area contributed by atoms with Gasteiger partial charge in [-0.15, -0.1) is 0 Å². The molecule has 1 rings (SSSR count). The SMILES string of the molecule is O=C(O)[C@H](C[SeH])NC(=O)[C@@H]1C[C@@H](O)CN1. The number of carboxylic acids is 1. The standard InChI is InChI=1S/C8H14N2O4Se/c11-4-1-5(9-2-4)7(12)10-6(3-15)8(13)14/h4-6,9,11,15H,1-3H2,(H,10,12)(H,13,14)/t4-,5+,6+/m1/s1. The first-order valence-corrected chi connectivity index (χ1v) is 5.92. The molecule has 4 N–H and O–H groups in total. The van der Waals surface area contributed by atoms with Crippen molar-refractivity contribution in [3.8, 4) is 0 Å². The van der Waals surface area contributed by atoms with E-state index in [4.69, 9.17) is 5.11 Å². The van der Waals surface area contributed by atoms with Crippen molar-refractivity contribution in [1.82, 2.24) is 10.6 Å². The molecular weight excluding hydrogens is 267 g/mol. The van der Waals surface area contributed by atoms with Gasteiger partial charge < -0.3 is 0 Å². The van der Waals surface area contributed by atoms with E-state index in [9.17, 15) is 14.7 Å².